The number of aliphatic hydroxyl groups excluding tert-OH is 1. The van der Waals surface area contributed by atoms with Crippen molar-refractivity contribution < 1.29 is 5.11 Å². The van der Waals surface area contributed by atoms with Crippen LogP contribution in [-0.4, -0.2) is 21.7 Å². The molecule has 0 bridgehead atoms. The molecule has 17 heavy (non-hydrogen) atoms. The molecule has 3 heteroatoms. The first-order chi connectivity index (χ1) is 8.20. The van der Waals surface area contributed by atoms with E-state index in [9.17, 15) is 0 Å². The number of nitrogens with zero attached hydrogens (tertiary/aromatic N) is 2. The van der Waals surface area contributed by atoms with Gasteiger partial charge in [0, 0.05) is 18.2 Å². The third-order valence-electron chi connectivity index (χ3n) is 2.84. The average molecular weight is 228 g/mol. The van der Waals surface area contributed by atoms with Gasteiger partial charge in [-0.3, -0.25) is 0 Å². The van der Waals surface area contributed by atoms with Crippen molar-refractivity contribution in [2.24, 2.45) is 0 Å². The molecule has 1 N–H and O–H groups in total. The Morgan fingerprint density at radius 3 is 2.65 bits per heavy atom. The number of aliphatic hydroxyl groups is 1. The molecule has 0 fully saturated rings. The maximum atomic E-state index is 8.88. The van der Waals surface area contributed by atoms with Gasteiger partial charge in [0.2, 0.25) is 0 Å². The Balaban J connectivity index is 2.38. The van der Waals surface area contributed by atoms with Gasteiger partial charge in [-0.25, -0.2) is 9.97 Å². The minimum atomic E-state index is 0.0797. The summed E-state index contributed by atoms with van der Waals surface area (Å²) in [4.78, 5) is 8.56. The van der Waals surface area contributed by atoms with E-state index in [0.717, 1.165) is 11.3 Å². The molecule has 0 spiro atoms. The Bertz CT molecular complexity index is 523. The second-order valence-corrected chi connectivity index (χ2v) is 4.13. The molecular formula is C14H16N2O. The van der Waals surface area contributed by atoms with Crippen molar-refractivity contribution in [2.75, 3.05) is 6.61 Å². The van der Waals surface area contributed by atoms with E-state index in [4.69, 9.17) is 5.11 Å². The molecule has 0 radical (unpaired) electrons. The van der Waals surface area contributed by atoms with Gasteiger partial charge in [0.05, 0.1) is 12.3 Å². The van der Waals surface area contributed by atoms with E-state index < -0.39 is 0 Å². The standard InChI is InChI=1S/C14H16N2O/c1-10-3-4-12(9-11(10)2)13-5-7-15-14(16-13)6-8-17/h3-5,7,9,17H,6,8H2,1-2H3. The van der Waals surface area contributed by atoms with Crippen LogP contribution in [0.25, 0.3) is 11.3 Å². The van der Waals surface area contributed by atoms with Gasteiger partial charge in [-0.05, 0) is 37.1 Å². The first-order valence-electron chi connectivity index (χ1n) is 5.71. The van der Waals surface area contributed by atoms with Crippen LogP contribution < -0.4 is 0 Å². The highest BCUT2D eigenvalue weighted by Gasteiger charge is 2.03. The van der Waals surface area contributed by atoms with E-state index in [1.54, 1.807) is 6.20 Å². The smallest absolute Gasteiger partial charge is 0.131 e. The topological polar surface area (TPSA) is 46.0 Å². The van der Waals surface area contributed by atoms with Crippen molar-refractivity contribution in [1.82, 2.24) is 9.97 Å². The Morgan fingerprint density at radius 1 is 1.12 bits per heavy atom. The molecule has 0 aliphatic heterocycles. The van der Waals surface area contributed by atoms with Crippen LogP contribution in [0.2, 0.25) is 0 Å². The van der Waals surface area contributed by atoms with Crippen LogP contribution in [0.4, 0.5) is 0 Å². The lowest BCUT2D eigenvalue weighted by molar-refractivity contribution is 0.296. The summed E-state index contributed by atoms with van der Waals surface area (Å²) < 4.78 is 0. The summed E-state index contributed by atoms with van der Waals surface area (Å²) >= 11 is 0. The van der Waals surface area contributed by atoms with Crippen LogP contribution in [0.15, 0.2) is 30.5 Å². The molecule has 0 aliphatic rings. The van der Waals surface area contributed by atoms with Crippen LogP contribution in [-0.2, 0) is 6.42 Å². The Hall–Kier alpha value is -1.74. The van der Waals surface area contributed by atoms with Crippen molar-refractivity contribution >= 4 is 0 Å². The van der Waals surface area contributed by atoms with Crippen molar-refractivity contribution in [3.8, 4) is 11.3 Å². The molecule has 0 saturated heterocycles. The van der Waals surface area contributed by atoms with E-state index in [1.165, 1.54) is 11.1 Å². The zero-order valence-corrected chi connectivity index (χ0v) is 10.1. The van der Waals surface area contributed by atoms with Gasteiger partial charge >= 0.3 is 0 Å². The van der Waals surface area contributed by atoms with Crippen molar-refractivity contribution in [2.45, 2.75) is 20.3 Å². The number of benzene rings is 1. The maximum absolute atomic E-state index is 8.88. The second kappa shape index (κ2) is 5.06. The highest BCUT2D eigenvalue weighted by atomic mass is 16.3. The van der Waals surface area contributed by atoms with E-state index in [1.807, 2.05) is 6.07 Å². The number of aryl methyl sites for hydroxylation is 2. The van der Waals surface area contributed by atoms with Gasteiger partial charge in [0.15, 0.2) is 0 Å². The lowest BCUT2D eigenvalue weighted by Crippen LogP contribution is -1.99. The monoisotopic (exact) mass is 228 g/mol. The maximum Gasteiger partial charge on any atom is 0.131 e. The van der Waals surface area contributed by atoms with Crippen molar-refractivity contribution in [3.63, 3.8) is 0 Å². The van der Waals surface area contributed by atoms with Gasteiger partial charge in [0.1, 0.15) is 5.82 Å². The summed E-state index contributed by atoms with van der Waals surface area (Å²) in [6, 6.07) is 8.18. The highest BCUT2D eigenvalue weighted by molar-refractivity contribution is 5.60. The fraction of sp³-hybridized carbons (Fsp3) is 0.286. The number of rotatable bonds is 3. The molecule has 0 saturated carbocycles. The predicted molar refractivity (Wildman–Crippen MR) is 67.7 cm³/mol. The van der Waals surface area contributed by atoms with E-state index in [2.05, 4.69) is 42.0 Å². The van der Waals surface area contributed by atoms with Gasteiger partial charge in [-0.15, -0.1) is 0 Å². The zero-order valence-electron chi connectivity index (χ0n) is 10.1. The molecule has 0 amide bonds. The minimum absolute atomic E-state index is 0.0797. The van der Waals surface area contributed by atoms with Gasteiger partial charge in [-0.2, -0.15) is 0 Å². The minimum Gasteiger partial charge on any atom is -0.396 e. The molecule has 3 nitrogen and oxygen atoms in total. The fourth-order valence-electron chi connectivity index (χ4n) is 1.68. The van der Waals surface area contributed by atoms with Crippen molar-refractivity contribution in [1.29, 1.82) is 0 Å². The summed E-state index contributed by atoms with van der Waals surface area (Å²) in [6.07, 6.45) is 2.24. The predicted octanol–water partition coefficient (Wildman–Crippen LogP) is 2.30. The number of aromatic nitrogens is 2. The molecular weight excluding hydrogens is 212 g/mol. The van der Waals surface area contributed by atoms with Crippen molar-refractivity contribution in [3.05, 3.63) is 47.4 Å². The molecule has 0 unspecified atom stereocenters. The third kappa shape index (κ3) is 2.68. The largest absolute Gasteiger partial charge is 0.396 e. The first-order valence-corrected chi connectivity index (χ1v) is 5.71. The zero-order chi connectivity index (χ0) is 12.3. The van der Waals surface area contributed by atoms with E-state index >= 15 is 0 Å². The summed E-state index contributed by atoms with van der Waals surface area (Å²) in [5.41, 5.74) is 4.53. The third-order valence-corrected chi connectivity index (χ3v) is 2.84. The quantitative estimate of drug-likeness (QED) is 0.876. The number of hydrogen-bond acceptors (Lipinski definition) is 3. The number of hydrogen-bond donors (Lipinski definition) is 1. The van der Waals surface area contributed by atoms with Crippen LogP contribution in [0.5, 0.6) is 0 Å². The fourth-order valence-corrected chi connectivity index (χ4v) is 1.68. The Kier molecular flexibility index (Phi) is 3.49. The molecule has 2 aromatic rings. The van der Waals surface area contributed by atoms with Crippen LogP contribution in [0.3, 0.4) is 0 Å². The SMILES string of the molecule is Cc1ccc(-c2ccnc(CCO)n2)cc1C. The molecule has 0 aliphatic carbocycles. The Morgan fingerprint density at radius 2 is 1.94 bits per heavy atom. The average Bonchev–Trinajstić information content (AvgIpc) is 2.33. The van der Waals surface area contributed by atoms with Gasteiger partial charge in [0.25, 0.3) is 0 Å². The lowest BCUT2D eigenvalue weighted by atomic mass is 10.0. The van der Waals surface area contributed by atoms with E-state index in [0.29, 0.717) is 12.2 Å². The lowest BCUT2D eigenvalue weighted by Gasteiger charge is -2.06. The highest BCUT2D eigenvalue weighted by Crippen LogP contribution is 2.19. The molecule has 0 atom stereocenters. The summed E-state index contributed by atoms with van der Waals surface area (Å²) in [5, 5.41) is 8.88. The van der Waals surface area contributed by atoms with Crippen LogP contribution in [0, 0.1) is 13.8 Å². The molecule has 88 valence electrons. The van der Waals surface area contributed by atoms with E-state index in [-0.39, 0.29) is 6.61 Å². The summed E-state index contributed by atoms with van der Waals surface area (Å²) in [5.74, 6) is 0.684. The summed E-state index contributed by atoms with van der Waals surface area (Å²) in [7, 11) is 0. The van der Waals surface area contributed by atoms with Gasteiger partial charge in [-0.1, -0.05) is 12.1 Å². The normalized spacial score (nSPS) is 10.5. The molecule has 1 aromatic carbocycles. The van der Waals surface area contributed by atoms with Crippen LogP contribution >= 0.6 is 0 Å². The molecule has 1 aromatic heterocycles. The van der Waals surface area contributed by atoms with Crippen LogP contribution in [0.1, 0.15) is 17.0 Å². The van der Waals surface area contributed by atoms with Gasteiger partial charge < -0.3 is 5.11 Å². The first kappa shape index (κ1) is 11.7. The molecule has 2 rings (SSSR count). The molecule has 1 heterocycles. The summed E-state index contributed by atoms with van der Waals surface area (Å²) in [6.45, 7) is 4.27. The second-order valence-electron chi connectivity index (χ2n) is 4.13. The Labute approximate surface area is 101 Å².